The molecule has 0 radical (unpaired) electrons. The fourth-order valence-electron chi connectivity index (χ4n) is 0.958. The van der Waals surface area contributed by atoms with E-state index in [1.165, 1.54) is 0 Å². The largest absolute Gasteiger partial charge is 0.390 e. The van der Waals surface area contributed by atoms with E-state index in [-0.39, 0.29) is 0 Å². The third kappa shape index (κ3) is 3.55. The summed E-state index contributed by atoms with van der Waals surface area (Å²) in [6.45, 7) is 0. The van der Waals surface area contributed by atoms with E-state index in [1.54, 1.807) is 12.3 Å². The maximum absolute atomic E-state index is 11.9. The van der Waals surface area contributed by atoms with Crippen LogP contribution in [0.15, 0.2) is 12.3 Å². The molecule has 2 nitrogen and oxygen atoms in total. The fourth-order valence-corrected chi connectivity index (χ4v) is 1.45. The van der Waals surface area contributed by atoms with Crippen molar-refractivity contribution in [3.05, 3.63) is 21.5 Å². The molecule has 6 heteroatoms. The zero-order chi connectivity index (χ0) is 10.1. The van der Waals surface area contributed by atoms with E-state index in [0.29, 0.717) is 5.69 Å². The maximum Gasteiger partial charge on any atom is 0.390 e. The lowest BCUT2D eigenvalue weighted by Gasteiger charge is -2.12. The monoisotopic (exact) mass is 304 g/mol. The molecule has 1 heterocycles. The molecule has 0 bridgehead atoms. The van der Waals surface area contributed by atoms with Crippen molar-refractivity contribution in [2.45, 2.75) is 18.6 Å². The van der Waals surface area contributed by atoms with Crippen LogP contribution in [-0.2, 0) is 0 Å². The van der Waals surface area contributed by atoms with Crippen molar-refractivity contribution in [3.8, 4) is 0 Å². The van der Waals surface area contributed by atoms with E-state index in [4.69, 9.17) is 5.73 Å². The van der Waals surface area contributed by atoms with Gasteiger partial charge in [-0.2, -0.15) is 13.2 Å². The van der Waals surface area contributed by atoms with Crippen molar-refractivity contribution in [2.75, 3.05) is 0 Å². The highest BCUT2D eigenvalue weighted by Crippen LogP contribution is 2.27. The van der Waals surface area contributed by atoms with Gasteiger partial charge in [0.2, 0.25) is 0 Å². The van der Waals surface area contributed by atoms with Crippen LogP contribution in [-0.4, -0.2) is 11.2 Å². The smallest absolute Gasteiger partial charge is 0.363 e. The third-order valence-corrected chi connectivity index (χ3v) is 2.14. The molecule has 74 valence electrons. The average Bonchev–Trinajstić information content (AvgIpc) is 2.31. The second-order valence-corrected chi connectivity index (χ2v) is 3.94. The predicted molar refractivity (Wildman–Crippen MR) is 51.1 cm³/mol. The summed E-state index contributed by atoms with van der Waals surface area (Å²) in [7, 11) is 0. The molecule has 1 aromatic rings. The Labute approximate surface area is 86.8 Å². The van der Waals surface area contributed by atoms with Crippen LogP contribution in [0.2, 0.25) is 0 Å². The minimum absolute atomic E-state index is 0.418. The SMILES string of the molecule is NC(CC(F)(F)F)c1cc(I)c[nH]1. The van der Waals surface area contributed by atoms with Gasteiger partial charge in [0, 0.05) is 15.5 Å². The quantitative estimate of drug-likeness (QED) is 0.810. The standard InChI is InChI=1S/C7H8F3IN2/c8-7(9,10)2-5(12)6-1-4(11)3-13-6/h1,3,5,13H,2,12H2. The van der Waals surface area contributed by atoms with Gasteiger partial charge in [0.05, 0.1) is 12.5 Å². The van der Waals surface area contributed by atoms with E-state index in [1.807, 2.05) is 22.6 Å². The highest BCUT2D eigenvalue weighted by Gasteiger charge is 2.31. The number of hydrogen-bond donors (Lipinski definition) is 2. The molecule has 1 unspecified atom stereocenters. The topological polar surface area (TPSA) is 41.8 Å². The molecule has 0 aliphatic carbocycles. The summed E-state index contributed by atoms with van der Waals surface area (Å²) in [5.41, 5.74) is 5.76. The molecular weight excluding hydrogens is 296 g/mol. The second-order valence-electron chi connectivity index (χ2n) is 2.70. The summed E-state index contributed by atoms with van der Waals surface area (Å²) < 4.78 is 36.6. The van der Waals surface area contributed by atoms with Crippen molar-refractivity contribution < 1.29 is 13.2 Å². The maximum atomic E-state index is 11.9. The third-order valence-electron chi connectivity index (χ3n) is 1.52. The van der Waals surface area contributed by atoms with Crippen LogP contribution in [0.5, 0.6) is 0 Å². The van der Waals surface area contributed by atoms with E-state index in [2.05, 4.69) is 4.98 Å². The van der Waals surface area contributed by atoms with Crippen molar-refractivity contribution in [1.82, 2.24) is 4.98 Å². The fraction of sp³-hybridized carbons (Fsp3) is 0.429. The number of H-pyrrole nitrogens is 1. The molecule has 0 aliphatic heterocycles. The van der Waals surface area contributed by atoms with E-state index in [9.17, 15) is 13.2 Å². The van der Waals surface area contributed by atoms with Gasteiger partial charge in [0.15, 0.2) is 0 Å². The molecule has 0 saturated carbocycles. The summed E-state index contributed by atoms with van der Waals surface area (Å²) in [6.07, 6.45) is -3.59. The molecule has 0 amide bonds. The number of alkyl halides is 3. The summed E-state index contributed by atoms with van der Waals surface area (Å²) in [5, 5.41) is 0. The molecule has 0 spiro atoms. The molecule has 0 saturated heterocycles. The molecule has 0 aliphatic rings. The lowest BCUT2D eigenvalue weighted by atomic mass is 10.1. The van der Waals surface area contributed by atoms with Crippen molar-refractivity contribution >= 4 is 22.6 Å². The first-order valence-corrected chi connectivity index (χ1v) is 4.62. The van der Waals surface area contributed by atoms with E-state index in [0.717, 1.165) is 3.57 Å². The second kappa shape index (κ2) is 3.87. The highest BCUT2D eigenvalue weighted by molar-refractivity contribution is 14.1. The lowest BCUT2D eigenvalue weighted by Crippen LogP contribution is -2.20. The average molecular weight is 304 g/mol. The first-order valence-electron chi connectivity index (χ1n) is 3.54. The van der Waals surface area contributed by atoms with Crippen LogP contribution in [0.1, 0.15) is 18.2 Å². The Morgan fingerprint density at radius 2 is 2.15 bits per heavy atom. The molecule has 0 fully saturated rings. The van der Waals surface area contributed by atoms with Gasteiger partial charge in [0.1, 0.15) is 0 Å². The molecular formula is C7H8F3IN2. The normalized spacial score (nSPS) is 14.5. The minimum Gasteiger partial charge on any atom is -0.363 e. The number of nitrogens with one attached hydrogen (secondary N) is 1. The number of rotatable bonds is 2. The summed E-state index contributed by atoms with van der Waals surface area (Å²) in [5.74, 6) is 0. The van der Waals surface area contributed by atoms with Gasteiger partial charge in [-0.15, -0.1) is 0 Å². The first kappa shape index (κ1) is 10.8. The summed E-state index contributed by atoms with van der Waals surface area (Å²) >= 11 is 2.00. The van der Waals surface area contributed by atoms with Crippen molar-refractivity contribution in [1.29, 1.82) is 0 Å². The van der Waals surface area contributed by atoms with Crippen LogP contribution >= 0.6 is 22.6 Å². The van der Waals surface area contributed by atoms with Gasteiger partial charge in [-0.1, -0.05) is 0 Å². The van der Waals surface area contributed by atoms with Crippen LogP contribution in [0.3, 0.4) is 0 Å². The Bertz CT molecular complexity index is 282. The summed E-state index contributed by atoms with van der Waals surface area (Å²) in [6, 6.07) is 0.611. The van der Waals surface area contributed by atoms with Crippen LogP contribution < -0.4 is 5.73 Å². The Morgan fingerprint density at radius 1 is 1.54 bits per heavy atom. The van der Waals surface area contributed by atoms with Gasteiger partial charge >= 0.3 is 6.18 Å². The summed E-state index contributed by atoms with van der Waals surface area (Å²) in [4.78, 5) is 2.70. The van der Waals surface area contributed by atoms with Crippen LogP contribution in [0.25, 0.3) is 0 Å². The molecule has 1 atom stereocenters. The number of aromatic nitrogens is 1. The van der Waals surface area contributed by atoms with Gasteiger partial charge < -0.3 is 10.7 Å². The van der Waals surface area contributed by atoms with Gasteiger partial charge in [-0.3, -0.25) is 0 Å². The predicted octanol–water partition coefficient (Wildman–Crippen LogP) is 2.57. The van der Waals surface area contributed by atoms with Gasteiger partial charge in [0.25, 0.3) is 0 Å². The minimum atomic E-state index is -4.21. The molecule has 1 rings (SSSR count). The molecule has 0 aromatic carbocycles. The highest BCUT2D eigenvalue weighted by atomic mass is 127. The zero-order valence-corrected chi connectivity index (χ0v) is 8.69. The lowest BCUT2D eigenvalue weighted by molar-refractivity contribution is -0.138. The number of hydrogen-bond acceptors (Lipinski definition) is 1. The van der Waals surface area contributed by atoms with Crippen LogP contribution in [0, 0.1) is 3.57 Å². The van der Waals surface area contributed by atoms with Gasteiger partial charge in [-0.25, -0.2) is 0 Å². The zero-order valence-electron chi connectivity index (χ0n) is 6.53. The Balaban J connectivity index is 2.64. The Hall–Kier alpha value is -0.240. The van der Waals surface area contributed by atoms with Crippen molar-refractivity contribution in [2.24, 2.45) is 5.73 Å². The molecule has 3 N–H and O–H groups in total. The van der Waals surface area contributed by atoms with E-state index < -0.39 is 18.6 Å². The molecule has 1 aromatic heterocycles. The number of nitrogens with two attached hydrogens (primary N) is 1. The van der Waals surface area contributed by atoms with Crippen LogP contribution in [0.4, 0.5) is 13.2 Å². The number of aromatic amines is 1. The Kier molecular flexibility index (Phi) is 3.23. The van der Waals surface area contributed by atoms with Crippen molar-refractivity contribution in [3.63, 3.8) is 0 Å². The molecule has 13 heavy (non-hydrogen) atoms. The van der Waals surface area contributed by atoms with E-state index >= 15 is 0 Å². The first-order chi connectivity index (χ1) is 5.88. The number of halogens is 4. The Morgan fingerprint density at radius 3 is 2.54 bits per heavy atom. The van der Waals surface area contributed by atoms with Gasteiger partial charge in [-0.05, 0) is 28.7 Å².